The van der Waals surface area contributed by atoms with Crippen LogP contribution < -0.4 is 5.32 Å². The molecular formula is C19H26FN3O2. The Hall–Kier alpha value is -2.11. The lowest BCUT2D eigenvalue weighted by Gasteiger charge is -2.33. The van der Waals surface area contributed by atoms with Crippen molar-refractivity contribution in [3.05, 3.63) is 35.6 Å². The van der Waals surface area contributed by atoms with Crippen molar-refractivity contribution in [2.45, 2.75) is 44.6 Å². The van der Waals surface area contributed by atoms with E-state index in [9.17, 15) is 14.0 Å². The number of benzene rings is 1. The lowest BCUT2D eigenvalue weighted by molar-refractivity contribution is -0.129. The molecule has 136 valence electrons. The van der Waals surface area contributed by atoms with Gasteiger partial charge in [0.15, 0.2) is 0 Å². The van der Waals surface area contributed by atoms with Crippen LogP contribution in [0.15, 0.2) is 24.3 Å². The molecule has 3 rings (SSSR count). The molecule has 6 heteroatoms. The predicted octanol–water partition coefficient (Wildman–Crippen LogP) is 2.73. The molecule has 0 aliphatic carbocycles. The minimum Gasteiger partial charge on any atom is -0.341 e. The molecule has 2 heterocycles. The summed E-state index contributed by atoms with van der Waals surface area (Å²) in [5.41, 5.74) is 1.02. The summed E-state index contributed by atoms with van der Waals surface area (Å²) in [6, 6.07) is 6.75. The standard InChI is InChI=1S/C19H26FN3O2/c1-2-18(24)23-11-8-17(13-23)21-19(25)22-9-6-14(7-10-22)15-4-3-5-16(20)12-15/h3-5,12,14,17H,2,6-11,13H2,1H3,(H,21,25). The molecule has 2 aliphatic heterocycles. The lowest BCUT2D eigenvalue weighted by atomic mass is 9.89. The first kappa shape index (κ1) is 17.7. The molecular weight excluding hydrogens is 321 g/mol. The van der Waals surface area contributed by atoms with Crippen LogP contribution in [0.25, 0.3) is 0 Å². The van der Waals surface area contributed by atoms with E-state index in [-0.39, 0.29) is 23.8 Å². The van der Waals surface area contributed by atoms with Gasteiger partial charge in [-0.25, -0.2) is 9.18 Å². The molecule has 1 N–H and O–H groups in total. The molecule has 0 aromatic heterocycles. The number of rotatable bonds is 3. The van der Waals surface area contributed by atoms with Gasteiger partial charge in [-0.05, 0) is 42.9 Å². The van der Waals surface area contributed by atoms with Crippen molar-refractivity contribution in [2.75, 3.05) is 26.2 Å². The first-order valence-electron chi connectivity index (χ1n) is 9.15. The second kappa shape index (κ2) is 7.85. The molecule has 1 unspecified atom stereocenters. The maximum atomic E-state index is 13.4. The van der Waals surface area contributed by atoms with Crippen LogP contribution in [0.5, 0.6) is 0 Å². The fourth-order valence-electron chi connectivity index (χ4n) is 3.77. The number of halogens is 1. The first-order chi connectivity index (χ1) is 12.1. The molecule has 5 nitrogen and oxygen atoms in total. The van der Waals surface area contributed by atoms with Crippen molar-refractivity contribution in [3.8, 4) is 0 Å². The van der Waals surface area contributed by atoms with Crippen LogP contribution >= 0.6 is 0 Å². The van der Waals surface area contributed by atoms with Crippen LogP contribution in [-0.2, 0) is 4.79 Å². The van der Waals surface area contributed by atoms with E-state index in [0.717, 1.165) is 31.4 Å². The van der Waals surface area contributed by atoms with Gasteiger partial charge in [-0.1, -0.05) is 19.1 Å². The summed E-state index contributed by atoms with van der Waals surface area (Å²) < 4.78 is 13.4. The number of hydrogen-bond donors (Lipinski definition) is 1. The molecule has 0 spiro atoms. The van der Waals surface area contributed by atoms with Crippen LogP contribution in [-0.4, -0.2) is 54.0 Å². The second-order valence-corrected chi connectivity index (χ2v) is 6.94. The van der Waals surface area contributed by atoms with Gasteiger partial charge in [-0.15, -0.1) is 0 Å². The quantitative estimate of drug-likeness (QED) is 0.914. The highest BCUT2D eigenvalue weighted by Crippen LogP contribution is 2.28. The monoisotopic (exact) mass is 347 g/mol. The van der Waals surface area contributed by atoms with Gasteiger partial charge in [0.25, 0.3) is 0 Å². The lowest BCUT2D eigenvalue weighted by Crippen LogP contribution is -2.48. The van der Waals surface area contributed by atoms with Crippen molar-refractivity contribution in [1.29, 1.82) is 0 Å². The number of nitrogens with one attached hydrogen (secondary N) is 1. The van der Waals surface area contributed by atoms with Crippen LogP contribution in [0.2, 0.25) is 0 Å². The Morgan fingerprint density at radius 1 is 1.16 bits per heavy atom. The summed E-state index contributed by atoms with van der Waals surface area (Å²) in [6.45, 7) is 4.54. The molecule has 2 fully saturated rings. The highest BCUT2D eigenvalue weighted by molar-refractivity contribution is 5.77. The van der Waals surface area contributed by atoms with Crippen molar-refractivity contribution in [2.24, 2.45) is 0 Å². The molecule has 0 radical (unpaired) electrons. The van der Waals surface area contributed by atoms with Gasteiger partial charge in [0.2, 0.25) is 5.91 Å². The van der Waals surface area contributed by atoms with E-state index >= 15 is 0 Å². The van der Waals surface area contributed by atoms with E-state index in [2.05, 4.69) is 5.32 Å². The van der Waals surface area contributed by atoms with E-state index in [1.165, 1.54) is 6.07 Å². The van der Waals surface area contributed by atoms with Crippen LogP contribution in [0, 0.1) is 5.82 Å². The summed E-state index contributed by atoms with van der Waals surface area (Å²) >= 11 is 0. The minimum atomic E-state index is -0.204. The van der Waals surface area contributed by atoms with Gasteiger partial charge in [0.1, 0.15) is 5.82 Å². The largest absolute Gasteiger partial charge is 0.341 e. The molecule has 0 bridgehead atoms. The molecule has 2 saturated heterocycles. The third kappa shape index (κ3) is 4.30. The zero-order valence-corrected chi connectivity index (χ0v) is 14.7. The van der Waals surface area contributed by atoms with Crippen LogP contribution in [0.3, 0.4) is 0 Å². The van der Waals surface area contributed by atoms with Gasteiger partial charge in [0.05, 0.1) is 0 Å². The molecule has 3 amide bonds. The van der Waals surface area contributed by atoms with Gasteiger partial charge in [-0.2, -0.15) is 0 Å². The summed E-state index contributed by atoms with van der Waals surface area (Å²) in [6.07, 6.45) is 3.02. The van der Waals surface area contributed by atoms with E-state index in [1.54, 1.807) is 12.1 Å². The van der Waals surface area contributed by atoms with E-state index < -0.39 is 0 Å². The number of amides is 3. The number of piperidine rings is 1. The average Bonchev–Trinajstić information content (AvgIpc) is 3.09. The topological polar surface area (TPSA) is 52.7 Å². The number of urea groups is 1. The highest BCUT2D eigenvalue weighted by Gasteiger charge is 2.29. The zero-order chi connectivity index (χ0) is 17.8. The average molecular weight is 347 g/mol. The number of carbonyl (C=O) groups is 2. The third-order valence-corrected chi connectivity index (χ3v) is 5.27. The van der Waals surface area contributed by atoms with Crippen LogP contribution in [0.1, 0.15) is 44.1 Å². The van der Waals surface area contributed by atoms with Crippen molar-refractivity contribution >= 4 is 11.9 Å². The molecule has 25 heavy (non-hydrogen) atoms. The predicted molar refractivity (Wildman–Crippen MR) is 93.8 cm³/mol. The zero-order valence-electron chi connectivity index (χ0n) is 14.7. The van der Waals surface area contributed by atoms with E-state index in [1.807, 2.05) is 22.8 Å². The van der Waals surface area contributed by atoms with E-state index in [0.29, 0.717) is 32.0 Å². The molecule has 2 aliphatic rings. The normalized spacial score (nSPS) is 21.4. The van der Waals surface area contributed by atoms with Gasteiger partial charge >= 0.3 is 6.03 Å². The fraction of sp³-hybridized carbons (Fsp3) is 0.579. The van der Waals surface area contributed by atoms with E-state index in [4.69, 9.17) is 0 Å². The van der Waals surface area contributed by atoms with Gasteiger partial charge in [-0.3, -0.25) is 4.79 Å². The summed E-state index contributed by atoms with van der Waals surface area (Å²) in [7, 11) is 0. The Labute approximate surface area is 148 Å². The Balaban J connectivity index is 1.47. The fourth-order valence-corrected chi connectivity index (χ4v) is 3.77. The maximum absolute atomic E-state index is 13.4. The number of likely N-dealkylation sites (tertiary alicyclic amines) is 2. The Kier molecular flexibility index (Phi) is 5.56. The highest BCUT2D eigenvalue weighted by atomic mass is 19.1. The molecule has 1 aromatic carbocycles. The molecule has 1 atom stereocenters. The van der Waals surface area contributed by atoms with Crippen molar-refractivity contribution in [1.82, 2.24) is 15.1 Å². The summed E-state index contributed by atoms with van der Waals surface area (Å²) in [5, 5.41) is 3.05. The smallest absolute Gasteiger partial charge is 0.317 e. The summed E-state index contributed by atoms with van der Waals surface area (Å²) in [4.78, 5) is 27.8. The Morgan fingerprint density at radius 3 is 2.56 bits per heavy atom. The summed E-state index contributed by atoms with van der Waals surface area (Å²) in [5.74, 6) is 0.252. The SMILES string of the molecule is CCC(=O)N1CCC(NC(=O)N2CCC(c3cccc(F)c3)CC2)C1. The number of carbonyl (C=O) groups excluding carboxylic acids is 2. The number of hydrogen-bond acceptors (Lipinski definition) is 2. The minimum absolute atomic E-state index is 0.0453. The third-order valence-electron chi connectivity index (χ3n) is 5.27. The van der Waals surface area contributed by atoms with Gasteiger partial charge in [0, 0.05) is 38.6 Å². The van der Waals surface area contributed by atoms with Crippen molar-refractivity contribution in [3.63, 3.8) is 0 Å². The Morgan fingerprint density at radius 2 is 1.88 bits per heavy atom. The second-order valence-electron chi connectivity index (χ2n) is 6.94. The van der Waals surface area contributed by atoms with Crippen LogP contribution in [0.4, 0.5) is 9.18 Å². The first-order valence-corrected chi connectivity index (χ1v) is 9.15. The molecule has 0 saturated carbocycles. The molecule has 1 aromatic rings. The maximum Gasteiger partial charge on any atom is 0.317 e. The Bertz CT molecular complexity index is 629. The van der Waals surface area contributed by atoms with Crippen molar-refractivity contribution < 1.29 is 14.0 Å². The number of nitrogens with zero attached hydrogens (tertiary/aromatic N) is 2. The van der Waals surface area contributed by atoms with Gasteiger partial charge < -0.3 is 15.1 Å².